The monoisotopic (exact) mass is 336 g/mol. The van der Waals surface area contributed by atoms with Gasteiger partial charge in [0.05, 0.1) is 23.1 Å². The van der Waals surface area contributed by atoms with Gasteiger partial charge in [-0.05, 0) is 6.07 Å². The minimum absolute atomic E-state index is 0.0908. The van der Waals surface area contributed by atoms with Crippen molar-refractivity contribution < 1.29 is 19.2 Å². The lowest BCUT2D eigenvalue weighted by Crippen LogP contribution is -2.55. The van der Waals surface area contributed by atoms with E-state index in [2.05, 4.69) is 5.32 Å². The maximum atomic E-state index is 13.1. The number of fused-ring (bicyclic) bond motifs is 1. The molecule has 0 aromatic heterocycles. The van der Waals surface area contributed by atoms with Crippen molar-refractivity contribution in [1.82, 2.24) is 5.32 Å². The van der Waals surface area contributed by atoms with Crippen molar-refractivity contribution in [3.8, 4) is 5.75 Å². The number of ether oxygens (including phenoxy) is 2. The number of likely N-dealkylation sites (N-methyl/N-ethyl adjacent to an activating group) is 1. The van der Waals surface area contributed by atoms with Crippen LogP contribution in [-0.2, 0) is 9.53 Å². The Hall–Kier alpha value is -2.06. The lowest BCUT2D eigenvalue weighted by Gasteiger charge is -2.42. The van der Waals surface area contributed by atoms with Gasteiger partial charge in [0.15, 0.2) is 11.4 Å². The average Bonchev–Trinajstić information content (AvgIpc) is 2.56. The van der Waals surface area contributed by atoms with Crippen LogP contribution in [0.15, 0.2) is 18.2 Å². The highest BCUT2D eigenvalue weighted by Gasteiger charge is 2.51. The molecule has 2 aliphatic heterocycles. The molecule has 2 heterocycles. The smallest absolute Gasteiger partial charge is 0.270 e. The second-order valence-electron chi connectivity index (χ2n) is 5.60. The number of nitro benzene ring substituents is 1. The summed E-state index contributed by atoms with van der Waals surface area (Å²) in [5.74, 6) is -0.426. The highest BCUT2D eigenvalue weighted by Crippen LogP contribution is 2.44. The fourth-order valence-corrected chi connectivity index (χ4v) is 3.32. The van der Waals surface area contributed by atoms with Crippen molar-refractivity contribution in [2.24, 2.45) is 0 Å². The van der Waals surface area contributed by atoms with Crippen LogP contribution in [0.5, 0.6) is 5.75 Å². The van der Waals surface area contributed by atoms with E-state index >= 15 is 0 Å². The number of non-ortho nitro benzene ring substituents is 1. The van der Waals surface area contributed by atoms with Gasteiger partial charge in [0.1, 0.15) is 11.7 Å². The molecule has 1 fully saturated rings. The number of Topliss-reactive ketones (excluding diaryl/α,β-unsaturated/α-hetero) is 1. The zero-order chi connectivity index (χ0) is 16.6. The maximum absolute atomic E-state index is 13.1. The molecule has 0 bridgehead atoms. The summed E-state index contributed by atoms with van der Waals surface area (Å²) in [6, 6.07) is 4.29. The molecule has 0 radical (unpaired) electrons. The van der Waals surface area contributed by atoms with E-state index in [0.29, 0.717) is 42.4 Å². The molecular weight excluding hydrogens is 320 g/mol. The van der Waals surface area contributed by atoms with E-state index < -0.39 is 16.4 Å². The molecule has 23 heavy (non-hydrogen) atoms. The molecule has 1 unspecified atom stereocenters. The number of nitrogens with zero attached hydrogens (tertiary/aromatic N) is 1. The second-order valence-corrected chi connectivity index (χ2v) is 6.04. The molecule has 0 aliphatic carbocycles. The van der Waals surface area contributed by atoms with Gasteiger partial charge in [0, 0.05) is 37.6 Å². The van der Waals surface area contributed by atoms with Gasteiger partial charge in [-0.15, -0.1) is 0 Å². The molecule has 2 aliphatic rings. The lowest BCUT2D eigenvalue weighted by molar-refractivity contribution is -0.385. The third-order valence-electron chi connectivity index (χ3n) is 4.34. The normalized spacial score (nSPS) is 22.1. The van der Waals surface area contributed by atoms with Gasteiger partial charge in [-0.25, -0.2) is 0 Å². The lowest BCUT2D eigenvalue weighted by atomic mass is 9.77. The molecule has 1 aromatic carbocycles. The first kappa shape index (κ1) is 15.8. The van der Waals surface area contributed by atoms with Crippen LogP contribution in [-0.4, -0.2) is 41.6 Å². The molecule has 0 amide bonds. The second kappa shape index (κ2) is 5.86. The Balaban J connectivity index is 2.12. The number of hydrogen-bond donors (Lipinski definition) is 1. The van der Waals surface area contributed by atoms with E-state index in [1.165, 1.54) is 12.1 Å². The topological polar surface area (TPSA) is 90.7 Å². The van der Waals surface area contributed by atoms with Crippen molar-refractivity contribution in [1.29, 1.82) is 0 Å². The van der Waals surface area contributed by atoms with Crippen molar-refractivity contribution in [3.63, 3.8) is 0 Å². The van der Waals surface area contributed by atoms with Crippen LogP contribution in [0, 0.1) is 10.1 Å². The van der Waals surface area contributed by atoms with Crippen molar-refractivity contribution in [2.75, 3.05) is 20.3 Å². The summed E-state index contributed by atoms with van der Waals surface area (Å²) in [6.45, 7) is 0.875. The standard InChI is InChI=1S/C15H16N2O5S/c1-16-14(23)12-10-8-9(17(19)20)2-3-11(10)22-15(13(12)18)4-6-21-7-5-15/h2-3,8,12H,4-7H2,1H3,(H,16,23). The van der Waals surface area contributed by atoms with Crippen LogP contribution >= 0.6 is 12.2 Å². The number of nitro groups is 1. The Bertz CT molecular complexity index is 684. The van der Waals surface area contributed by atoms with E-state index in [0.717, 1.165) is 0 Å². The molecule has 8 heteroatoms. The molecular formula is C15H16N2O5S. The highest BCUT2D eigenvalue weighted by atomic mass is 32.1. The summed E-state index contributed by atoms with van der Waals surface area (Å²) in [7, 11) is 1.64. The quantitative estimate of drug-likeness (QED) is 0.500. The maximum Gasteiger partial charge on any atom is 0.270 e. The molecule has 1 atom stereocenters. The summed E-state index contributed by atoms with van der Waals surface area (Å²) in [6.07, 6.45) is 0.899. The molecule has 1 spiro atoms. The van der Waals surface area contributed by atoms with E-state index in [-0.39, 0.29) is 11.5 Å². The number of carbonyl (C=O) groups is 1. The van der Waals surface area contributed by atoms with Crippen LogP contribution in [0.2, 0.25) is 0 Å². The van der Waals surface area contributed by atoms with Crippen LogP contribution in [0.4, 0.5) is 5.69 Å². The van der Waals surface area contributed by atoms with Gasteiger partial charge in [-0.3, -0.25) is 14.9 Å². The third kappa shape index (κ3) is 2.57. The molecule has 3 rings (SSSR count). The molecule has 1 saturated heterocycles. The Morgan fingerprint density at radius 3 is 2.74 bits per heavy atom. The SMILES string of the molecule is CNC(=S)C1C(=O)C2(CCOCC2)Oc2ccc([N+](=O)[O-])cc21. The Labute approximate surface area is 138 Å². The fourth-order valence-electron chi connectivity index (χ4n) is 3.09. The summed E-state index contributed by atoms with van der Waals surface area (Å²) in [5.41, 5.74) is -0.611. The zero-order valence-corrected chi connectivity index (χ0v) is 13.4. The van der Waals surface area contributed by atoms with E-state index in [1.54, 1.807) is 13.1 Å². The fraction of sp³-hybridized carbons (Fsp3) is 0.467. The van der Waals surface area contributed by atoms with Crippen LogP contribution in [0.3, 0.4) is 0 Å². The number of ketones is 1. The minimum Gasteiger partial charge on any atom is -0.479 e. The molecule has 1 aromatic rings. The van der Waals surface area contributed by atoms with E-state index in [1.807, 2.05) is 0 Å². The van der Waals surface area contributed by atoms with Gasteiger partial charge in [-0.2, -0.15) is 0 Å². The zero-order valence-electron chi connectivity index (χ0n) is 12.5. The Morgan fingerprint density at radius 2 is 2.13 bits per heavy atom. The van der Waals surface area contributed by atoms with Gasteiger partial charge in [0.25, 0.3) is 5.69 Å². The van der Waals surface area contributed by atoms with E-state index in [4.69, 9.17) is 21.7 Å². The van der Waals surface area contributed by atoms with Crippen LogP contribution in [0.1, 0.15) is 24.3 Å². The molecule has 0 saturated carbocycles. The summed E-state index contributed by atoms with van der Waals surface area (Å²) < 4.78 is 11.3. The van der Waals surface area contributed by atoms with Gasteiger partial charge in [0.2, 0.25) is 0 Å². The molecule has 1 N–H and O–H groups in total. The Kier molecular flexibility index (Phi) is 4.03. The Morgan fingerprint density at radius 1 is 1.43 bits per heavy atom. The number of hydrogen-bond acceptors (Lipinski definition) is 6. The predicted octanol–water partition coefficient (Wildman–Crippen LogP) is 1.74. The third-order valence-corrected chi connectivity index (χ3v) is 4.78. The average molecular weight is 336 g/mol. The number of rotatable bonds is 2. The number of nitrogens with one attached hydrogen (secondary N) is 1. The van der Waals surface area contributed by atoms with Gasteiger partial charge >= 0.3 is 0 Å². The number of thiocarbonyl (C=S) groups is 1. The number of carbonyl (C=O) groups excluding carboxylic acids is 1. The van der Waals surface area contributed by atoms with Crippen LogP contribution in [0.25, 0.3) is 0 Å². The van der Waals surface area contributed by atoms with Crippen molar-refractivity contribution >= 4 is 28.7 Å². The first-order valence-corrected chi connectivity index (χ1v) is 7.70. The van der Waals surface area contributed by atoms with Crippen molar-refractivity contribution in [2.45, 2.75) is 24.4 Å². The predicted molar refractivity (Wildman–Crippen MR) is 85.9 cm³/mol. The summed E-state index contributed by atoms with van der Waals surface area (Å²) >= 11 is 5.30. The minimum atomic E-state index is -0.965. The first-order valence-electron chi connectivity index (χ1n) is 7.29. The van der Waals surface area contributed by atoms with Gasteiger partial charge in [-0.1, -0.05) is 12.2 Å². The first-order chi connectivity index (χ1) is 11.0. The highest BCUT2D eigenvalue weighted by molar-refractivity contribution is 7.80. The molecule has 122 valence electrons. The van der Waals surface area contributed by atoms with E-state index in [9.17, 15) is 14.9 Å². The summed E-state index contributed by atoms with van der Waals surface area (Å²) in [5, 5.41) is 13.9. The van der Waals surface area contributed by atoms with Crippen molar-refractivity contribution in [3.05, 3.63) is 33.9 Å². The van der Waals surface area contributed by atoms with Crippen LogP contribution < -0.4 is 10.1 Å². The largest absolute Gasteiger partial charge is 0.479 e. The molecule has 7 nitrogen and oxygen atoms in total. The van der Waals surface area contributed by atoms with Gasteiger partial charge < -0.3 is 14.8 Å². The summed E-state index contributed by atoms with van der Waals surface area (Å²) in [4.78, 5) is 23.9. The number of benzene rings is 1.